The summed E-state index contributed by atoms with van der Waals surface area (Å²) in [6.07, 6.45) is 0.400. The van der Waals surface area contributed by atoms with Gasteiger partial charge < -0.3 is 10.4 Å². The topological polar surface area (TPSA) is 92.5 Å². The lowest BCUT2D eigenvalue weighted by Crippen LogP contribution is -2.44. The molecule has 0 saturated carbocycles. The Morgan fingerprint density at radius 3 is 2.68 bits per heavy atom. The first-order valence-corrected chi connectivity index (χ1v) is 6.43. The molecule has 0 bridgehead atoms. The molecular weight excluding hydrogens is 316 g/mol. The molecule has 0 aliphatic rings. The highest BCUT2D eigenvalue weighted by atomic mass is 79.9. The van der Waals surface area contributed by atoms with E-state index in [2.05, 4.69) is 21.2 Å². The first kappa shape index (κ1) is 15.6. The van der Waals surface area contributed by atoms with Crippen LogP contribution in [0, 0.1) is 10.1 Å². The van der Waals surface area contributed by atoms with Crippen molar-refractivity contribution in [3.63, 3.8) is 0 Å². The van der Waals surface area contributed by atoms with Gasteiger partial charge >= 0.3 is 0 Å². The van der Waals surface area contributed by atoms with Crippen molar-refractivity contribution >= 4 is 27.5 Å². The number of halogens is 1. The number of aliphatic hydroxyl groups is 1. The average molecular weight is 331 g/mol. The quantitative estimate of drug-likeness (QED) is 0.639. The largest absolute Gasteiger partial charge is 0.396 e. The van der Waals surface area contributed by atoms with Crippen molar-refractivity contribution < 1.29 is 14.8 Å². The summed E-state index contributed by atoms with van der Waals surface area (Å²) in [5.74, 6) is -0.408. The second kappa shape index (κ2) is 6.12. The van der Waals surface area contributed by atoms with Crippen molar-refractivity contribution in [2.75, 3.05) is 6.61 Å². The summed E-state index contributed by atoms with van der Waals surface area (Å²) in [6, 6.07) is 4.18. The number of benzene rings is 1. The molecule has 0 atom stereocenters. The van der Waals surface area contributed by atoms with Gasteiger partial charge in [0.15, 0.2) is 0 Å². The van der Waals surface area contributed by atoms with Gasteiger partial charge in [-0.3, -0.25) is 14.9 Å². The van der Waals surface area contributed by atoms with Gasteiger partial charge in [0.1, 0.15) is 0 Å². The average Bonchev–Trinajstić information content (AvgIpc) is 2.28. The van der Waals surface area contributed by atoms with Crippen molar-refractivity contribution in [2.24, 2.45) is 0 Å². The van der Waals surface area contributed by atoms with Crippen LogP contribution in [0.4, 0.5) is 5.69 Å². The van der Waals surface area contributed by atoms with E-state index in [0.29, 0.717) is 10.9 Å². The zero-order valence-electron chi connectivity index (χ0n) is 10.6. The normalized spacial score (nSPS) is 11.2. The fraction of sp³-hybridized carbons (Fsp3) is 0.417. The smallest absolute Gasteiger partial charge is 0.284 e. The maximum absolute atomic E-state index is 12.0. The van der Waals surface area contributed by atoms with Crippen molar-refractivity contribution in [2.45, 2.75) is 25.8 Å². The van der Waals surface area contributed by atoms with E-state index in [1.807, 2.05) is 0 Å². The van der Waals surface area contributed by atoms with E-state index in [-0.39, 0.29) is 17.9 Å². The molecule has 0 fully saturated rings. The standard InChI is InChI=1S/C12H15BrN2O4/c1-12(2,5-6-16)14-11(17)8-3-4-9(13)10(7-8)15(18)19/h3-4,7,16H,5-6H2,1-2H3,(H,14,17). The first-order valence-electron chi connectivity index (χ1n) is 5.64. The van der Waals surface area contributed by atoms with Crippen molar-refractivity contribution in [3.8, 4) is 0 Å². The summed E-state index contributed by atoms with van der Waals surface area (Å²) >= 11 is 3.06. The predicted octanol–water partition coefficient (Wildman–Crippen LogP) is 2.25. The SMILES string of the molecule is CC(C)(CCO)NC(=O)c1ccc(Br)c([N+](=O)[O-])c1. The third-order valence-corrected chi connectivity index (χ3v) is 3.26. The van der Waals surface area contributed by atoms with E-state index in [1.54, 1.807) is 13.8 Å². The van der Waals surface area contributed by atoms with E-state index >= 15 is 0 Å². The van der Waals surface area contributed by atoms with Gasteiger partial charge in [0.25, 0.3) is 11.6 Å². The Kier molecular flexibility index (Phi) is 5.02. The van der Waals surface area contributed by atoms with Gasteiger partial charge in [0.05, 0.1) is 9.40 Å². The van der Waals surface area contributed by atoms with Crippen molar-refractivity contribution in [3.05, 3.63) is 38.3 Å². The number of nitrogens with zero attached hydrogens (tertiary/aromatic N) is 1. The van der Waals surface area contributed by atoms with Crippen LogP contribution in [0.3, 0.4) is 0 Å². The Balaban J connectivity index is 2.95. The van der Waals surface area contributed by atoms with Crippen molar-refractivity contribution in [1.29, 1.82) is 0 Å². The molecule has 0 spiro atoms. The molecule has 7 heteroatoms. The molecule has 19 heavy (non-hydrogen) atoms. The summed E-state index contributed by atoms with van der Waals surface area (Å²) in [6.45, 7) is 3.50. The van der Waals surface area contributed by atoms with Crippen LogP contribution in [0.2, 0.25) is 0 Å². The monoisotopic (exact) mass is 330 g/mol. The number of carbonyl (C=O) groups is 1. The van der Waals surface area contributed by atoms with Crippen LogP contribution in [0.1, 0.15) is 30.6 Å². The fourth-order valence-electron chi connectivity index (χ4n) is 1.52. The van der Waals surface area contributed by atoms with Gasteiger partial charge in [0.2, 0.25) is 0 Å². The molecule has 1 aromatic rings. The van der Waals surface area contributed by atoms with Crippen LogP contribution in [0.25, 0.3) is 0 Å². The summed E-state index contributed by atoms with van der Waals surface area (Å²) in [5.41, 5.74) is -0.526. The molecule has 0 radical (unpaired) electrons. The molecule has 0 unspecified atom stereocenters. The van der Waals surface area contributed by atoms with E-state index in [4.69, 9.17) is 5.11 Å². The second-order valence-electron chi connectivity index (χ2n) is 4.73. The summed E-state index contributed by atoms with van der Waals surface area (Å²) in [7, 11) is 0. The highest BCUT2D eigenvalue weighted by Gasteiger charge is 2.22. The van der Waals surface area contributed by atoms with E-state index in [1.165, 1.54) is 18.2 Å². The lowest BCUT2D eigenvalue weighted by Gasteiger charge is -2.25. The molecule has 0 heterocycles. The van der Waals surface area contributed by atoms with Gasteiger partial charge in [-0.2, -0.15) is 0 Å². The lowest BCUT2D eigenvalue weighted by atomic mass is 10.0. The minimum Gasteiger partial charge on any atom is -0.396 e. The van der Waals surface area contributed by atoms with Gasteiger partial charge in [0, 0.05) is 23.8 Å². The van der Waals surface area contributed by atoms with Gasteiger partial charge in [-0.15, -0.1) is 0 Å². The Labute approximate surface area is 119 Å². The third-order valence-electron chi connectivity index (χ3n) is 2.59. The summed E-state index contributed by atoms with van der Waals surface area (Å²) in [5, 5.41) is 22.4. The zero-order valence-corrected chi connectivity index (χ0v) is 12.2. The van der Waals surface area contributed by atoms with Crippen LogP contribution < -0.4 is 5.32 Å². The summed E-state index contributed by atoms with van der Waals surface area (Å²) in [4.78, 5) is 22.2. The number of amides is 1. The number of hydrogen-bond acceptors (Lipinski definition) is 4. The Hall–Kier alpha value is -1.47. The first-order chi connectivity index (χ1) is 8.76. The minimum absolute atomic E-state index is 0.0479. The molecule has 0 saturated heterocycles. The van der Waals surface area contributed by atoms with E-state index in [0.717, 1.165) is 0 Å². The Bertz CT molecular complexity index is 503. The van der Waals surface area contributed by atoms with E-state index < -0.39 is 16.4 Å². The second-order valence-corrected chi connectivity index (χ2v) is 5.59. The van der Waals surface area contributed by atoms with Gasteiger partial charge in [-0.05, 0) is 48.3 Å². The minimum atomic E-state index is -0.576. The number of rotatable bonds is 5. The number of nitro groups is 1. The molecule has 0 aliphatic heterocycles. The Morgan fingerprint density at radius 1 is 1.53 bits per heavy atom. The molecule has 1 amide bonds. The van der Waals surface area contributed by atoms with Crippen LogP contribution >= 0.6 is 15.9 Å². The van der Waals surface area contributed by atoms with Crippen LogP contribution in [-0.2, 0) is 0 Å². The van der Waals surface area contributed by atoms with E-state index in [9.17, 15) is 14.9 Å². The fourth-order valence-corrected chi connectivity index (χ4v) is 1.91. The molecule has 0 aromatic heterocycles. The zero-order chi connectivity index (χ0) is 14.6. The number of carbonyl (C=O) groups excluding carboxylic acids is 1. The maximum atomic E-state index is 12.0. The molecule has 6 nitrogen and oxygen atoms in total. The third kappa shape index (κ3) is 4.29. The summed E-state index contributed by atoms with van der Waals surface area (Å²) < 4.78 is 0.323. The van der Waals surface area contributed by atoms with Crippen molar-refractivity contribution in [1.82, 2.24) is 5.32 Å². The lowest BCUT2D eigenvalue weighted by molar-refractivity contribution is -0.385. The number of aliphatic hydroxyl groups excluding tert-OH is 1. The number of nitrogens with one attached hydrogen (secondary N) is 1. The van der Waals surface area contributed by atoms with Gasteiger partial charge in [-0.25, -0.2) is 0 Å². The molecule has 1 aromatic carbocycles. The van der Waals surface area contributed by atoms with Gasteiger partial charge in [-0.1, -0.05) is 0 Å². The van der Waals surface area contributed by atoms with Crippen LogP contribution in [0.15, 0.2) is 22.7 Å². The highest BCUT2D eigenvalue weighted by Crippen LogP contribution is 2.25. The highest BCUT2D eigenvalue weighted by molar-refractivity contribution is 9.10. The molecule has 1 rings (SSSR count). The maximum Gasteiger partial charge on any atom is 0.284 e. The molecule has 104 valence electrons. The van der Waals surface area contributed by atoms with Crippen LogP contribution in [0.5, 0.6) is 0 Å². The predicted molar refractivity (Wildman–Crippen MR) is 74.0 cm³/mol. The number of hydrogen-bond donors (Lipinski definition) is 2. The number of nitro benzene ring substituents is 1. The molecule has 0 aliphatic carbocycles. The Morgan fingerprint density at radius 2 is 2.16 bits per heavy atom. The molecule has 2 N–H and O–H groups in total. The molecular formula is C12H15BrN2O4. The van der Waals surface area contributed by atoms with Crippen LogP contribution in [-0.4, -0.2) is 28.1 Å².